The van der Waals surface area contributed by atoms with E-state index in [4.69, 9.17) is 0 Å². The van der Waals surface area contributed by atoms with Crippen molar-refractivity contribution < 1.29 is 4.79 Å². The third-order valence-electron chi connectivity index (χ3n) is 4.16. The van der Waals surface area contributed by atoms with Crippen LogP contribution < -0.4 is 10.6 Å². The third kappa shape index (κ3) is 4.89. The Balaban J connectivity index is 1.54. The normalized spacial score (nSPS) is 10.3. The Kier molecular flexibility index (Phi) is 5.93. The molecule has 0 aliphatic heterocycles. The number of benzene rings is 2. The topological polar surface area (TPSA) is 66.9 Å². The van der Waals surface area contributed by atoms with Gasteiger partial charge in [0.25, 0.3) is 5.91 Å². The molecule has 0 bridgehead atoms. The molecule has 0 saturated carbocycles. The number of nitrogens with one attached hydrogen (secondary N) is 2. The van der Waals surface area contributed by atoms with Gasteiger partial charge in [-0.3, -0.25) is 4.79 Å². The molecule has 3 aromatic rings. The second kappa shape index (κ2) is 8.76. The monoisotopic (exact) mass is 346 g/mol. The molecule has 3 rings (SSSR count). The first-order valence-corrected chi connectivity index (χ1v) is 8.65. The van der Waals surface area contributed by atoms with E-state index in [0.717, 1.165) is 6.42 Å². The molecule has 0 aliphatic rings. The maximum Gasteiger partial charge on any atom is 0.270 e. The molecule has 0 unspecified atom stereocenters. The second-order valence-electron chi connectivity index (χ2n) is 6.06. The standard InChI is InChI=1S/C21H22N4O/c1-16-7-5-6-10-18(16)14-23-20-13-19(24-15-25-20)21(26)22-12-11-17-8-3-2-4-9-17/h2-10,13,15H,11-12,14H2,1H3,(H,22,26)(H,23,24,25). The summed E-state index contributed by atoms with van der Waals surface area (Å²) in [5.41, 5.74) is 3.96. The van der Waals surface area contributed by atoms with Crippen molar-refractivity contribution in [2.75, 3.05) is 11.9 Å². The molecule has 0 aliphatic carbocycles. The number of hydrogen-bond donors (Lipinski definition) is 2. The lowest BCUT2D eigenvalue weighted by Gasteiger charge is -2.09. The van der Waals surface area contributed by atoms with E-state index in [0.29, 0.717) is 24.6 Å². The van der Waals surface area contributed by atoms with Crippen molar-refractivity contribution in [1.29, 1.82) is 0 Å². The van der Waals surface area contributed by atoms with Gasteiger partial charge in [0.1, 0.15) is 17.8 Å². The zero-order valence-corrected chi connectivity index (χ0v) is 14.8. The summed E-state index contributed by atoms with van der Waals surface area (Å²) in [6, 6.07) is 19.9. The van der Waals surface area contributed by atoms with Crippen LogP contribution in [0.4, 0.5) is 5.82 Å². The van der Waals surface area contributed by atoms with Crippen LogP contribution in [-0.2, 0) is 13.0 Å². The summed E-state index contributed by atoms with van der Waals surface area (Å²) in [7, 11) is 0. The summed E-state index contributed by atoms with van der Waals surface area (Å²) in [5, 5.41) is 6.15. The molecule has 0 atom stereocenters. The van der Waals surface area contributed by atoms with Crippen LogP contribution in [0.2, 0.25) is 0 Å². The first-order chi connectivity index (χ1) is 12.7. The summed E-state index contributed by atoms with van der Waals surface area (Å²) >= 11 is 0. The van der Waals surface area contributed by atoms with Crippen molar-refractivity contribution in [3.8, 4) is 0 Å². The van der Waals surface area contributed by atoms with Gasteiger partial charge in [-0.2, -0.15) is 0 Å². The molecular formula is C21H22N4O. The highest BCUT2D eigenvalue weighted by atomic mass is 16.1. The van der Waals surface area contributed by atoms with E-state index in [2.05, 4.69) is 39.7 Å². The Labute approximate surface area is 153 Å². The van der Waals surface area contributed by atoms with Gasteiger partial charge in [0.15, 0.2) is 0 Å². The Bertz CT molecular complexity index is 865. The molecule has 2 aromatic carbocycles. The van der Waals surface area contributed by atoms with E-state index in [1.165, 1.54) is 23.0 Å². The molecule has 1 amide bonds. The highest BCUT2D eigenvalue weighted by molar-refractivity contribution is 5.92. The lowest BCUT2D eigenvalue weighted by molar-refractivity contribution is 0.0949. The van der Waals surface area contributed by atoms with Crippen LogP contribution in [0, 0.1) is 6.92 Å². The first kappa shape index (κ1) is 17.6. The minimum atomic E-state index is -0.192. The number of aryl methyl sites for hydroxylation is 1. The summed E-state index contributed by atoms with van der Waals surface area (Å²) in [4.78, 5) is 20.6. The van der Waals surface area contributed by atoms with Gasteiger partial charge >= 0.3 is 0 Å². The zero-order chi connectivity index (χ0) is 18.2. The van der Waals surface area contributed by atoms with E-state index in [-0.39, 0.29) is 5.91 Å². The van der Waals surface area contributed by atoms with Gasteiger partial charge in [0.05, 0.1) is 0 Å². The van der Waals surface area contributed by atoms with Crippen LogP contribution in [0.3, 0.4) is 0 Å². The van der Waals surface area contributed by atoms with E-state index >= 15 is 0 Å². The number of carbonyl (C=O) groups excluding carboxylic acids is 1. The second-order valence-corrected chi connectivity index (χ2v) is 6.06. The van der Waals surface area contributed by atoms with E-state index in [9.17, 15) is 4.79 Å². The molecule has 2 N–H and O–H groups in total. The molecule has 1 heterocycles. The number of carbonyl (C=O) groups is 1. The lowest BCUT2D eigenvalue weighted by Crippen LogP contribution is -2.26. The average Bonchev–Trinajstić information content (AvgIpc) is 2.68. The molecule has 5 heteroatoms. The maximum absolute atomic E-state index is 12.3. The quantitative estimate of drug-likeness (QED) is 0.688. The molecular weight excluding hydrogens is 324 g/mol. The Morgan fingerprint density at radius 2 is 1.77 bits per heavy atom. The Morgan fingerprint density at radius 3 is 2.58 bits per heavy atom. The highest BCUT2D eigenvalue weighted by Gasteiger charge is 2.08. The van der Waals surface area contributed by atoms with Gasteiger partial charge in [0.2, 0.25) is 0 Å². The van der Waals surface area contributed by atoms with Gasteiger partial charge < -0.3 is 10.6 Å². The van der Waals surface area contributed by atoms with Crippen LogP contribution in [-0.4, -0.2) is 22.4 Å². The minimum Gasteiger partial charge on any atom is -0.366 e. The SMILES string of the molecule is Cc1ccccc1CNc1cc(C(=O)NCCc2ccccc2)ncn1. The van der Waals surface area contributed by atoms with Crippen LogP contribution in [0.5, 0.6) is 0 Å². The molecule has 132 valence electrons. The van der Waals surface area contributed by atoms with Crippen LogP contribution in [0.15, 0.2) is 67.0 Å². The van der Waals surface area contributed by atoms with E-state index in [1.54, 1.807) is 6.07 Å². The number of nitrogens with zero attached hydrogens (tertiary/aromatic N) is 2. The van der Waals surface area contributed by atoms with Crippen molar-refractivity contribution in [1.82, 2.24) is 15.3 Å². The van der Waals surface area contributed by atoms with Crippen molar-refractivity contribution in [2.24, 2.45) is 0 Å². The summed E-state index contributed by atoms with van der Waals surface area (Å²) in [5.74, 6) is 0.443. The van der Waals surface area contributed by atoms with Crippen molar-refractivity contribution in [3.05, 3.63) is 89.4 Å². The van der Waals surface area contributed by atoms with Crippen LogP contribution in [0.25, 0.3) is 0 Å². The maximum atomic E-state index is 12.3. The van der Waals surface area contributed by atoms with Gasteiger partial charge in [-0.15, -0.1) is 0 Å². The minimum absolute atomic E-state index is 0.192. The predicted octanol–water partition coefficient (Wildman–Crippen LogP) is 3.37. The fourth-order valence-corrected chi connectivity index (χ4v) is 2.63. The van der Waals surface area contributed by atoms with Crippen molar-refractivity contribution >= 4 is 11.7 Å². The molecule has 1 aromatic heterocycles. The average molecular weight is 346 g/mol. The fourth-order valence-electron chi connectivity index (χ4n) is 2.63. The Hall–Kier alpha value is -3.21. The fraction of sp³-hybridized carbons (Fsp3) is 0.190. The van der Waals surface area contributed by atoms with Gasteiger partial charge in [-0.1, -0.05) is 54.6 Å². The summed E-state index contributed by atoms with van der Waals surface area (Å²) in [6.07, 6.45) is 2.20. The first-order valence-electron chi connectivity index (χ1n) is 8.65. The Morgan fingerprint density at radius 1 is 1.00 bits per heavy atom. The number of aromatic nitrogens is 2. The summed E-state index contributed by atoms with van der Waals surface area (Å²) in [6.45, 7) is 3.29. The van der Waals surface area contributed by atoms with Crippen molar-refractivity contribution in [2.45, 2.75) is 19.9 Å². The zero-order valence-electron chi connectivity index (χ0n) is 14.8. The molecule has 0 radical (unpaired) electrons. The van der Waals surface area contributed by atoms with Crippen LogP contribution in [0.1, 0.15) is 27.2 Å². The highest BCUT2D eigenvalue weighted by Crippen LogP contribution is 2.10. The molecule has 0 fully saturated rings. The van der Waals surface area contributed by atoms with Crippen LogP contribution >= 0.6 is 0 Å². The molecule has 26 heavy (non-hydrogen) atoms. The molecule has 0 saturated heterocycles. The molecule has 5 nitrogen and oxygen atoms in total. The number of hydrogen-bond acceptors (Lipinski definition) is 4. The molecule has 0 spiro atoms. The van der Waals surface area contributed by atoms with E-state index in [1.807, 2.05) is 42.5 Å². The largest absolute Gasteiger partial charge is 0.366 e. The number of anilines is 1. The van der Waals surface area contributed by atoms with Crippen molar-refractivity contribution in [3.63, 3.8) is 0 Å². The van der Waals surface area contributed by atoms with Gasteiger partial charge in [0, 0.05) is 19.2 Å². The smallest absolute Gasteiger partial charge is 0.270 e. The third-order valence-corrected chi connectivity index (χ3v) is 4.16. The predicted molar refractivity (Wildman–Crippen MR) is 103 cm³/mol. The number of amides is 1. The van der Waals surface area contributed by atoms with Gasteiger partial charge in [-0.25, -0.2) is 9.97 Å². The summed E-state index contributed by atoms with van der Waals surface area (Å²) < 4.78 is 0. The van der Waals surface area contributed by atoms with Gasteiger partial charge in [-0.05, 0) is 30.0 Å². The number of rotatable bonds is 7. The lowest BCUT2D eigenvalue weighted by atomic mass is 10.1. The van der Waals surface area contributed by atoms with E-state index < -0.39 is 0 Å².